The summed E-state index contributed by atoms with van der Waals surface area (Å²) in [5, 5.41) is 7.04. The maximum atomic E-state index is 4.83. The molecule has 5 heteroatoms. The number of aromatic nitrogens is 4. The third kappa shape index (κ3) is 2.95. The van der Waals surface area contributed by atoms with Crippen LogP contribution in [-0.4, -0.2) is 19.1 Å². The van der Waals surface area contributed by atoms with Crippen molar-refractivity contribution in [1.29, 1.82) is 0 Å². The fraction of sp³-hybridized carbons (Fsp3) is 0. The van der Waals surface area contributed by atoms with Gasteiger partial charge in [-0.05, 0) is 30.3 Å². The zero-order valence-corrected chi connectivity index (χ0v) is 20.6. The number of hydrogen-bond acceptors (Lipinski definition) is 3. The first-order chi connectivity index (χ1) is 18.4. The van der Waals surface area contributed by atoms with Crippen molar-refractivity contribution in [1.82, 2.24) is 19.1 Å². The van der Waals surface area contributed by atoms with Crippen LogP contribution in [0.1, 0.15) is 0 Å². The molecule has 0 atom stereocenters. The molecule has 0 saturated carbocycles. The quantitative estimate of drug-likeness (QED) is 0.248. The Morgan fingerprint density at radius 1 is 0.541 bits per heavy atom. The first-order valence-electron chi connectivity index (χ1n) is 12.3. The fourth-order valence-electron chi connectivity index (χ4n) is 5.55. The first-order valence-corrected chi connectivity index (χ1v) is 13.1. The van der Waals surface area contributed by atoms with E-state index in [4.69, 9.17) is 9.97 Å². The SMILES string of the molecule is c1ccc(-c2ncc(-n3c4ccccc4c4ccc5c(c6ccccc6n5-c5ccccn5)c43)s2)cc1. The summed E-state index contributed by atoms with van der Waals surface area (Å²) in [6, 6.07) is 38.3. The molecule has 0 aliphatic heterocycles. The number of nitrogens with zero attached hydrogens (tertiary/aromatic N) is 4. The van der Waals surface area contributed by atoms with Crippen LogP contribution in [0, 0.1) is 0 Å². The summed E-state index contributed by atoms with van der Waals surface area (Å²) in [7, 11) is 0. The minimum atomic E-state index is 0.917. The molecule has 0 N–H and O–H groups in total. The Bertz CT molecular complexity index is 2080. The maximum Gasteiger partial charge on any atom is 0.137 e. The molecule has 0 aliphatic rings. The van der Waals surface area contributed by atoms with Gasteiger partial charge in [-0.25, -0.2) is 9.97 Å². The first kappa shape index (κ1) is 20.5. The van der Waals surface area contributed by atoms with Gasteiger partial charge in [0, 0.05) is 33.3 Å². The summed E-state index contributed by atoms with van der Waals surface area (Å²) in [5.74, 6) is 0.917. The molecule has 0 fully saturated rings. The maximum absolute atomic E-state index is 4.83. The highest BCUT2D eigenvalue weighted by Gasteiger charge is 2.21. The van der Waals surface area contributed by atoms with Crippen LogP contribution in [0.5, 0.6) is 0 Å². The lowest BCUT2D eigenvalue weighted by Crippen LogP contribution is -1.96. The van der Waals surface area contributed by atoms with Gasteiger partial charge in [-0.3, -0.25) is 9.13 Å². The van der Waals surface area contributed by atoms with Crippen LogP contribution in [0.3, 0.4) is 0 Å². The highest BCUT2D eigenvalue weighted by molar-refractivity contribution is 7.17. The normalized spacial score (nSPS) is 11.8. The minimum absolute atomic E-state index is 0.917. The van der Waals surface area contributed by atoms with E-state index >= 15 is 0 Å². The number of pyridine rings is 1. The zero-order chi connectivity index (χ0) is 24.3. The molecule has 4 aromatic carbocycles. The van der Waals surface area contributed by atoms with Crippen LogP contribution in [0.25, 0.3) is 65.0 Å². The number of thiazole rings is 1. The van der Waals surface area contributed by atoms with E-state index in [0.717, 1.165) is 32.4 Å². The van der Waals surface area contributed by atoms with Crippen molar-refractivity contribution in [2.75, 3.05) is 0 Å². The fourth-order valence-corrected chi connectivity index (χ4v) is 6.50. The smallest absolute Gasteiger partial charge is 0.137 e. The lowest BCUT2D eigenvalue weighted by Gasteiger charge is -2.07. The van der Waals surface area contributed by atoms with Gasteiger partial charge in [0.2, 0.25) is 0 Å². The summed E-state index contributed by atoms with van der Waals surface area (Å²) < 4.78 is 4.67. The van der Waals surface area contributed by atoms with E-state index in [1.54, 1.807) is 11.3 Å². The lowest BCUT2D eigenvalue weighted by molar-refractivity contribution is 1.08. The minimum Gasteiger partial charge on any atom is -0.299 e. The second-order valence-corrected chi connectivity index (χ2v) is 10.1. The largest absolute Gasteiger partial charge is 0.299 e. The summed E-state index contributed by atoms with van der Waals surface area (Å²) in [5.41, 5.74) is 5.81. The molecule has 0 unspecified atom stereocenters. The predicted molar refractivity (Wildman–Crippen MR) is 154 cm³/mol. The van der Waals surface area contributed by atoms with Crippen molar-refractivity contribution in [2.45, 2.75) is 0 Å². The van der Waals surface area contributed by atoms with Crippen molar-refractivity contribution in [2.24, 2.45) is 0 Å². The van der Waals surface area contributed by atoms with E-state index < -0.39 is 0 Å². The molecular weight excluding hydrogens is 472 g/mol. The molecule has 174 valence electrons. The second kappa shape index (κ2) is 7.88. The Labute approximate surface area is 216 Å². The third-order valence-corrected chi connectivity index (χ3v) is 8.11. The van der Waals surface area contributed by atoms with Gasteiger partial charge in [-0.1, -0.05) is 90.2 Å². The number of rotatable bonds is 3. The van der Waals surface area contributed by atoms with Crippen molar-refractivity contribution in [3.63, 3.8) is 0 Å². The Morgan fingerprint density at radius 2 is 1.27 bits per heavy atom. The molecule has 37 heavy (non-hydrogen) atoms. The van der Waals surface area contributed by atoms with Crippen LogP contribution in [0.4, 0.5) is 0 Å². The number of para-hydroxylation sites is 2. The van der Waals surface area contributed by atoms with Crippen LogP contribution in [0.15, 0.2) is 122 Å². The molecule has 4 aromatic heterocycles. The van der Waals surface area contributed by atoms with Crippen molar-refractivity contribution < 1.29 is 0 Å². The number of fused-ring (bicyclic) bond motifs is 7. The van der Waals surface area contributed by atoms with Gasteiger partial charge in [0.1, 0.15) is 15.8 Å². The summed E-state index contributed by atoms with van der Waals surface area (Å²) >= 11 is 1.72. The summed E-state index contributed by atoms with van der Waals surface area (Å²) in [4.78, 5) is 9.54. The Hall–Kier alpha value is -4.74. The molecule has 0 amide bonds. The zero-order valence-electron chi connectivity index (χ0n) is 19.7. The molecule has 0 aliphatic carbocycles. The van der Waals surface area contributed by atoms with Crippen molar-refractivity contribution in [3.8, 4) is 21.4 Å². The topological polar surface area (TPSA) is 35.6 Å². The van der Waals surface area contributed by atoms with Crippen molar-refractivity contribution >= 4 is 54.9 Å². The van der Waals surface area contributed by atoms with Gasteiger partial charge >= 0.3 is 0 Å². The van der Waals surface area contributed by atoms with Crippen LogP contribution in [0.2, 0.25) is 0 Å². The predicted octanol–water partition coefficient (Wildman–Crippen LogP) is 8.40. The van der Waals surface area contributed by atoms with Crippen LogP contribution < -0.4 is 0 Å². The van der Waals surface area contributed by atoms with Gasteiger partial charge in [0.05, 0.1) is 28.3 Å². The lowest BCUT2D eigenvalue weighted by atomic mass is 10.1. The molecule has 0 saturated heterocycles. The molecule has 4 heterocycles. The van der Waals surface area contributed by atoms with Gasteiger partial charge in [-0.2, -0.15) is 0 Å². The average molecular weight is 493 g/mol. The van der Waals surface area contributed by atoms with Gasteiger partial charge in [-0.15, -0.1) is 0 Å². The standard InChI is InChI=1S/C32H20N4S/c1-2-10-21(11-3-1)32-34-20-29(37-32)36-25-14-6-4-12-22(25)23-17-18-27-30(31(23)36)24-13-5-7-15-26(24)35(27)28-16-8-9-19-33-28/h1-20H. The van der Waals surface area contributed by atoms with E-state index in [9.17, 15) is 0 Å². The van der Waals surface area contributed by atoms with E-state index in [0.29, 0.717) is 0 Å². The molecule has 4 nitrogen and oxygen atoms in total. The summed E-state index contributed by atoms with van der Waals surface area (Å²) in [6.45, 7) is 0. The van der Waals surface area contributed by atoms with Crippen molar-refractivity contribution in [3.05, 3.63) is 122 Å². The number of benzene rings is 4. The van der Waals surface area contributed by atoms with Gasteiger partial charge < -0.3 is 0 Å². The highest BCUT2D eigenvalue weighted by Crippen LogP contribution is 2.42. The molecule has 0 bridgehead atoms. The highest BCUT2D eigenvalue weighted by atomic mass is 32.1. The Morgan fingerprint density at radius 3 is 2.08 bits per heavy atom. The second-order valence-electron chi connectivity index (χ2n) is 9.12. The van der Waals surface area contributed by atoms with Gasteiger partial charge in [0.15, 0.2) is 0 Å². The third-order valence-electron chi connectivity index (χ3n) is 7.08. The van der Waals surface area contributed by atoms with Crippen LogP contribution >= 0.6 is 11.3 Å². The molecule has 0 spiro atoms. The monoisotopic (exact) mass is 492 g/mol. The Kier molecular flexibility index (Phi) is 4.36. The Balaban J connectivity index is 1.54. The van der Waals surface area contributed by atoms with Gasteiger partial charge in [0.25, 0.3) is 0 Å². The van der Waals surface area contributed by atoms with E-state index in [1.165, 1.54) is 32.6 Å². The van der Waals surface area contributed by atoms with E-state index in [-0.39, 0.29) is 0 Å². The molecular formula is C32H20N4S. The molecule has 8 aromatic rings. The molecule has 0 radical (unpaired) electrons. The van der Waals surface area contributed by atoms with Crippen LogP contribution in [-0.2, 0) is 0 Å². The van der Waals surface area contributed by atoms with E-state index in [2.05, 4.69) is 100 Å². The number of hydrogen-bond donors (Lipinski definition) is 0. The average Bonchev–Trinajstić information content (AvgIpc) is 3.66. The van der Waals surface area contributed by atoms with E-state index in [1.807, 2.05) is 30.6 Å². The molecule has 8 rings (SSSR count). The summed E-state index contributed by atoms with van der Waals surface area (Å²) in [6.07, 6.45) is 3.86.